The number of rotatable bonds is 9. The van der Waals surface area contributed by atoms with Crippen molar-refractivity contribution in [3.63, 3.8) is 0 Å². The number of nitrogens with two attached hydrogens (primary N) is 2. The van der Waals surface area contributed by atoms with Crippen molar-refractivity contribution in [2.24, 2.45) is 21.5 Å². The van der Waals surface area contributed by atoms with Crippen molar-refractivity contribution in [2.75, 3.05) is 6.79 Å². The van der Waals surface area contributed by atoms with Gasteiger partial charge in [0.1, 0.15) is 34.5 Å². The van der Waals surface area contributed by atoms with Gasteiger partial charge in [-0.05, 0) is 88.4 Å². The van der Waals surface area contributed by atoms with Gasteiger partial charge in [-0.3, -0.25) is 9.98 Å². The lowest BCUT2D eigenvalue weighted by Gasteiger charge is -2.10. The number of benzene rings is 3. The third-order valence-corrected chi connectivity index (χ3v) is 5.35. The topological polar surface area (TPSA) is 108 Å². The highest BCUT2D eigenvalue weighted by Gasteiger charge is 2.09. The summed E-state index contributed by atoms with van der Waals surface area (Å²) in [5.41, 5.74) is 15.5. The third kappa shape index (κ3) is 6.24. The van der Waals surface area contributed by atoms with Crippen LogP contribution in [0.5, 0.6) is 11.5 Å². The first-order valence-corrected chi connectivity index (χ1v) is 12.0. The van der Waals surface area contributed by atoms with Gasteiger partial charge in [-0.1, -0.05) is 12.1 Å². The molecule has 0 radical (unpaired) electrons. The van der Waals surface area contributed by atoms with E-state index >= 15 is 0 Å². The summed E-state index contributed by atoms with van der Waals surface area (Å²) < 4.78 is 17.5. The number of hydrogen-bond acceptors (Lipinski definition) is 5. The van der Waals surface area contributed by atoms with Gasteiger partial charge in [-0.15, -0.1) is 0 Å². The predicted octanol–water partition coefficient (Wildman–Crippen LogP) is 5.74. The number of furan rings is 1. The number of fused-ring (bicyclic) bond motifs is 1. The molecule has 0 aliphatic heterocycles. The predicted molar refractivity (Wildman–Crippen MR) is 146 cm³/mol. The Hall–Kier alpha value is -4.26. The largest absolute Gasteiger partial charge is 0.458 e. The van der Waals surface area contributed by atoms with Gasteiger partial charge in [-0.2, -0.15) is 0 Å². The maximum absolute atomic E-state index is 6.11. The molecule has 1 aromatic heterocycles. The Morgan fingerprint density at radius 1 is 0.722 bits per heavy atom. The number of hydrogen-bond donors (Lipinski definition) is 2. The molecule has 4 N–H and O–H groups in total. The van der Waals surface area contributed by atoms with Crippen LogP contribution in [0.3, 0.4) is 0 Å². The van der Waals surface area contributed by atoms with E-state index in [1.165, 1.54) is 0 Å². The van der Waals surface area contributed by atoms with Gasteiger partial charge in [0.25, 0.3) is 0 Å². The van der Waals surface area contributed by atoms with Crippen molar-refractivity contribution in [3.05, 3.63) is 83.9 Å². The second-order valence-electron chi connectivity index (χ2n) is 9.03. The molecule has 0 aliphatic carbocycles. The Morgan fingerprint density at radius 3 is 1.83 bits per heavy atom. The first-order valence-electron chi connectivity index (χ1n) is 12.0. The van der Waals surface area contributed by atoms with Crippen LogP contribution >= 0.6 is 0 Å². The van der Waals surface area contributed by atoms with Gasteiger partial charge < -0.3 is 25.4 Å². The Labute approximate surface area is 211 Å². The van der Waals surface area contributed by atoms with Crippen molar-refractivity contribution in [3.8, 4) is 22.8 Å². The van der Waals surface area contributed by atoms with E-state index in [0.29, 0.717) is 23.2 Å². The summed E-state index contributed by atoms with van der Waals surface area (Å²) >= 11 is 0. The van der Waals surface area contributed by atoms with Crippen LogP contribution in [0.25, 0.3) is 22.3 Å². The molecule has 186 valence electrons. The summed E-state index contributed by atoms with van der Waals surface area (Å²) in [4.78, 5) is 8.76. The van der Waals surface area contributed by atoms with Crippen molar-refractivity contribution in [1.29, 1.82) is 0 Å². The van der Waals surface area contributed by atoms with Crippen LogP contribution in [0.15, 0.2) is 87.2 Å². The van der Waals surface area contributed by atoms with Gasteiger partial charge in [0.05, 0.1) is 0 Å². The monoisotopic (exact) mass is 484 g/mol. The van der Waals surface area contributed by atoms with E-state index in [9.17, 15) is 0 Å². The number of nitrogens with zero attached hydrogens (tertiary/aromatic N) is 2. The molecule has 4 aromatic rings. The Balaban J connectivity index is 1.36. The van der Waals surface area contributed by atoms with E-state index in [-0.39, 0.29) is 18.9 Å². The Kier molecular flexibility index (Phi) is 7.59. The molecule has 4 rings (SSSR count). The molecule has 1 heterocycles. The van der Waals surface area contributed by atoms with Crippen LogP contribution in [0.1, 0.15) is 38.8 Å². The number of aliphatic imine (C=N–C) groups is 2. The second-order valence-corrected chi connectivity index (χ2v) is 9.03. The lowest BCUT2D eigenvalue weighted by molar-refractivity contribution is 0.120. The molecule has 0 spiro atoms. The van der Waals surface area contributed by atoms with Crippen LogP contribution in [-0.2, 0) is 0 Å². The summed E-state index contributed by atoms with van der Waals surface area (Å²) in [7, 11) is 0. The smallest absolute Gasteiger partial charge is 0.230 e. The maximum Gasteiger partial charge on any atom is 0.230 e. The van der Waals surface area contributed by atoms with E-state index < -0.39 is 0 Å². The van der Waals surface area contributed by atoms with E-state index in [4.69, 9.17) is 25.4 Å². The molecule has 0 saturated heterocycles. The highest BCUT2D eigenvalue weighted by molar-refractivity contribution is 6.00. The summed E-state index contributed by atoms with van der Waals surface area (Å²) in [6.45, 7) is 8.05. The molecular formula is C29H32N4O3. The first-order chi connectivity index (χ1) is 17.3. The molecule has 3 aromatic carbocycles. The highest BCUT2D eigenvalue weighted by atomic mass is 16.7. The fourth-order valence-corrected chi connectivity index (χ4v) is 3.64. The van der Waals surface area contributed by atoms with Crippen LogP contribution in [0, 0.1) is 0 Å². The number of ether oxygens (including phenoxy) is 2. The van der Waals surface area contributed by atoms with Crippen LogP contribution in [-0.4, -0.2) is 30.5 Å². The van der Waals surface area contributed by atoms with Gasteiger partial charge >= 0.3 is 0 Å². The molecule has 0 aliphatic rings. The minimum absolute atomic E-state index is 0.0844. The zero-order valence-electron chi connectivity index (χ0n) is 21.1. The standard InChI is InChI=1S/C29H32N4O3/c1-18(2)32-28(30)21-9-13-25(14-10-21)35-17-34-24-11-7-20(8-12-24)26-15-22-5-6-23(16-27(22)36-26)29(31)33-19(3)4/h5-16,18-19H,17H2,1-4H3,(H2,30,32)(H2,31,33). The lowest BCUT2D eigenvalue weighted by atomic mass is 10.1. The molecule has 0 unspecified atom stereocenters. The van der Waals surface area contributed by atoms with Crippen LogP contribution in [0.4, 0.5) is 0 Å². The number of amidine groups is 2. The average molecular weight is 485 g/mol. The maximum atomic E-state index is 6.11. The van der Waals surface area contributed by atoms with Crippen molar-refractivity contribution in [1.82, 2.24) is 0 Å². The molecule has 0 amide bonds. The molecule has 0 atom stereocenters. The third-order valence-electron chi connectivity index (χ3n) is 5.35. The quantitative estimate of drug-likeness (QED) is 0.179. The van der Waals surface area contributed by atoms with E-state index in [0.717, 1.165) is 33.4 Å². The summed E-state index contributed by atoms with van der Waals surface area (Å²) in [5.74, 6) is 3.17. The zero-order valence-corrected chi connectivity index (χ0v) is 21.1. The fraction of sp³-hybridized carbons (Fsp3) is 0.241. The normalized spacial score (nSPS) is 12.5. The second kappa shape index (κ2) is 11.0. The lowest BCUT2D eigenvalue weighted by Crippen LogP contribution is -2.15. The minimum Gasteiger partial charge on any atom is -0.458 e. The molecule has 7 heteroatoms. The van der Waals surface area contributed by atoms with Crippen LogP contribution in [0.2, 0.25) is 0 Å². The summed E-state index contributed by atoms with van der Waals surface area (Å²) in [6, 6.07) is 23.3. The van der Waals surface area contributed by atoms with E-state index in [1.54, 1.807) is 0 Å². The Morgan fingerprint density at radius 2 is 1.25 bits per heavy atom. The average Bonchev–Trinajstić information content (AvgIpc) is 3.27. The minimum atomic E-state index is 0.0844. The van der Waals surface area contributed by atoms with Crippen molar-refractivity contribution < 1.29 is 13.9 Å². The van der Waals surface area contributed by atoms with Gasteiger partial charge in [0.2, 0.25) is 6.79 Å². The van der Waals surface area contributed by atoms with E-state index in [2.05, 4.69) is 9.98 Å². The summed E-state index contributed by atoms with van der Waals surface area (Å²) in [6.07, 6.45) is 0. The SMILES string of the molecule is CC(C)N=C(N)c1ccc(OCOc2ccc(-c3cc4ccc(C(N)=NC(C)C)cc4o3)cc2)cc1. The zero-order chi connectivity index (χ0) is 25.7. The van der Waals surface area contributed by atoms with Gasteiger partial charge in [-0.25, -0.2) is 0 Å². The molecular weight excluding hydrogens is 452 g/mol. The van der Waals surface area contributed by atoms with Crippen molar-refractivity contribution >= 4 is 22.6 Å². The molecule has 0 fully saturated rings. The van der Waals surface area contributed by atoms with Gasteiger partial charge in [0, 0.05) is 34.2 Å². The Bertz CT molecular complexity index is 1370. The van der Waals surface area contributed by atoms with Crippen LogP contribution < -0.4 is 20.9 Å². The fourth-order valence-electron chi connectivity index (χ4n) is 3.64. The molecule has 36 heavy (non-hydrogen) atoms. The molecule has 7 nitrogen and oxygen atoms in total. The highest BCUT2D eigenvalue weighted by Crippen LogP contribution is 2.29. The van der Waals surface area contributed by atoms with Gasteiger partial charge in [0.15, 0.2) is 0 Å². The molecule has 0 bridgehead atoms. The first kappa shape index (κ1) is 24.9. The van der Waals surface area contributed by atoms with Crippen molar-refractivity contribution in [2.45, 2.75) is 39.8 Å². The summed E-state index contributed by atoms with van der Waals surface area (Å²) in [5, 5.41) is 1.00. The molecule has 0 saturated carbocycles. The van der Waals surface area contributed by atoms with E-state index in [1.807, 2.05) is 100 Å².